The summed E-state index contributed by atoms with van der Waals surface area (Å²) in [4.78, 5) is 25.1. The average molecular weight is 244 g/mol. The molecule has 0 spiro atoms. The molecule has 5 nitrogen and oxygen atoms in total. The van der Waals surface area contributed by atoms with Crippen molar-refractivity contribution in [3.63, 3.8) is 0 Å². The summed E-state index contributed by atoms with van der Waals surface area (Å²) >= 11 is 5.63. The van der Waals surface area contributed by atoms with E-state index < -0.39 is 17.9 Å². The van der Waals surface area contributed by atoms with Gasteiger partial charge in [0.25, 0.3) is 0 Å². The van der Waals surface area contributed by atoms with Gasteiger partial charge in [-0.1, -0.05) is 11.6 Å². The third kappa shape index (κ3) is 3.86. The van der Waals surface area contributed by atoms with Crippen molar-refractivity contribution in [1.29, 1.82) is 0 Å². The van der Waals surface area contributed by atoms with E-state index >= 15 is 0 Å². The van der Waals surface area contributed by atoms with Crippen molar-refractivity contribution in [2.24, 2.45) is 0 Å². The molecule has 1 heterocycles. The van der Waals surface area contributed by atoms with Gasteiger partial charge in [0.1, 0.15) is 0 Å². The van der Waals surface area contributed by atoms with Crippen LogP contribution in [-0.2, 0) is 9.59 Å². The van der Waals surface area contributed by atoms with Gasteiger partial charge in [0.05, 0.1) is 17.9 Å². The van der Waals surface area contributed by atoms with Crippen molar-refractivity contribution < 1.29 is 19.8 Å². The highest BCUT2D eigenvalue weighted by atomic mass is 35.5. The molecule has 0 amide bonds. The van der Waals surface area contributed by atoms with Crippen LogP contribution in [0.4, 0.5) is 0 Å². The summed E-state index contributed by atoms with van der Waals surface area (Å²) in [7, 11) is 0. The molecule has 16 heavy (non-hydrogen) atoms. The number of aliphatic carboxylic acids is 2. The Morgan fingerprint density at radius 3 is 2.19 bits per heavy atom. The molecule has 0 radical (unpaired) electrons. The summed E-state index contributed by atoms with van der Waals surface area (Å²) < 4.78 is 0. The number of carbonyl (C=O) groups is 2. The molecule has 0 atom stereocenters. The number of nitrogens with zero attached hydrogens (tertiary/aromatic N) is 1. The fourth-order valence-electron chi connectivity index (χ4n) is 1.33. The Morgan fingerprint density at radius 2 is 1.81 bits per heavy atom. The number of halogens is 1. The van der Waals surface area contributed by atoms with E-state index in [1.165, 1.54) is 6.20 Å². The van der Waals surface area contributed by atoms with E-state index in [2.05, 4.69) is 4.98 Å². The number of carboxylic acids is 2. The van der Waals surface area contributed by atoms with Crippen LogP contribution in [0.15, 0.2) is 18.3 Å². The molecule has 0 unspecified atom stereocenters. The highest BCUT2D eigenvalue weighted by Gasteiger charge is 2.20. The third-order valence-electron chi connectivity index (χ3n) is 2.01. The molecule has 1 aromatic rings. The van der Waals surface area contributed by atoms with Gasteiger partial charge in [-0.05, 0) is 12.1 Å². The monoisotopic (exact) mass is 243 g/mol. The molecule has 2 N–H and O–H groups in total. The minimum Gasteiger partial charge on any atom is -0.481 e. The van der Waals surface area contributed by atoms with Gasteiger partial charge in [-0.3, -0.25) is 14.6 Å². The predicted molar refractivity (Wildman–Crippen MR) is 56.5 cm³/mol. The van der Waals surface area contributed by atoms with E-state index in [4.69, 9.17) is 21.8 Å². The number of pyridine rings is 1. The van der Waals surface area contributed by atoms with Crippen LogP contribution < -0.4 is 0 Å². The summed E-state index contributed by atoms with van der Waals surface area (Å²) in [5, 5.41) is 17.8. The highest BCUT2D eigenvalue weighted by Crippen LogP contribution is 2.22. The summed E-state index contributed by atoms with van der Waals surface area (Å²) in [6.07, 6.45) is 0.843. The SMILES string of the molecule is O=C(O)CC(CC(=O)O)c1ccc(Cl)cn1. The molecule has 0 bridgehead atoms. The Hall–Kier alpha value is -1.62. The highest BCUT2D eigenvalue weighted by molar-refractivity contribution is 6.30. The maximum absolute atomic E-state index is 10.6. The summed E-state index contributed by atoms with van der Waals surface area (Å²) in [6, 6.07) is 3.10. The first kappa shape index (κ1) is 12.4. The molecule has 0 aliphatic rings. The second-order valence-corrected chi connectivity index (χ2v) is 3.73. The van der Waals surface area contributed by atoms with Crippen molar-refractivity contribution in [3.8, 4) is 0 Å². The van der Waals surface area contributed by atoms with E-state index in [-0.39, 0.29) is 12.8 Å². The molecule has 0 saturated heterocycles. The van der Waals surface area contributed by atoms with Gasteiger partial charge < -0.3 is 10.2 Å². The van der Waals surface area contributed by atoms with Gasteiger partial charge in [-0.2, -0.15) is 0 Å². The van der Waals surface area contributed by atoms with Crippen LogP contribution in [0.1, 0.15) is 24.5 Å². The summed E-state index contributed by atoms with van der Waals surface area (Å²) in [5.41, 5.74) is 0.425. The minimum atomic E-state index is -1.05. The largest absolute Gasteiger partial charge is 0.481 e. The van der Waals surface area contributed by atoms with E-state index in [0.29, 0.717) is 10.7 Å². The first-order chi connectivity index (χ1) is 7.49. The molecule has 0 saturated carbocycles. The Kier molecular flexibility index (Phi) is 4.25. The second-order valence-electron chi connectivity index (χ2n) is 3.29. The number of hydrogen-bond acceptors (Lipinski definition) is 3. The fraction of sp³-hybridized carbons (Fsp3) is 0.300. The Bertz CT molecular complexity index is 374. The van der Waals surface area contributed by atoms with E-state index in [1.807, 2.05) is 0 Å². The molecule has 0 fully saturated rings. The van der Waals surface area contributed by atoms with Crippen molar-refractivity contribution >= 4 is 23.5 Å². The summed E-state index contributed by atoms with van der Waals surface area (Å²) in [6.45, 7) is 0. The second kappa shape index (κ2) is 5.46. The number of rotatable bonds is 5. The zero-order chi connectivity index (χ0) is 12.1. The standard InChI is InChI=1S/C10H10ClNO4/c11-7-1-2-8(12-5-7)6(3-9(13)14)4-10(15)16/h1-2,5-6H,3-4H2,(H,13,14)(H,15,16). The minimum absolute atomic E-state index is 0.263. The lowest BCUT2D eigenvalue weighted by Gasteiger charge is -2.11. The van der Waals surface area contributed by atoms with Crippen molar-refractivity contribution in [2.75, 3.05) is 0 Å². The summed E-state index contributed by atoms with van der Waals surface area (Å²) in [5.74, 6) is -2.74. The normalized spacial score (nSPS) is 10.4. The van der Waals surface area contributed by atoms with Crippen LogP contribution in [-0.4, -0.2) is 27.1 Å². The van der Waals surface area contributed by atoms with Crippen molar-refractivity contribution in [1.82, 2.24) is 4.98 Å². The smallest absolute Gasteiger partial charge is 0.304 e. The molecule has 1 rings (SSSR count). The molecule has 1 aromatic heterocycles. The Morgan fingerprint density at radius 1 is 1.25 bits per heavy atom. The van der Waals surface area contributed by atoms with E-state index in [9.17, 15) is 9.59 Å². The van der Waals surface area contributed by atoms with E-state index in [1.54, 1.807) is 12.1 Å². The predicted octanol–water partition coefficient (Wildman–Crippen LogP) is 1.77. The molecule has 0 aromatic carbocycles. The Balaban J connectivity index is 2.86. The maximum atomic E-state index is 10.6. The van der Waals surface area contributed by atoms with E-state index in [0.717, 1.165) is 0 Å². The van der Waals surface area contributed by atoms with Crippen molar-refractivity contribution in [2.45, 2.75) is 18.8 Å². The topological polar surface area (TPSA) is 87.5 Å². The van der Waals surface area contributed by atoms with Gasteiger partial charge >= 0.3 is 11.9 Å². The quantitative estimate of drug-likeness (QED) is 0.823. The lowest BCUT2D eigenvalue weighted by Crippen LogP contribution is -2.12. The fourth-order valence-corrected chi connectivity index (χ4v) is 1.44. The van der Waals surface area contributed by atoms with Gasteiger partial charge in [0, 0.05) is 17.8 Å². The molecule has 0 aliphatic carbocycles. The van der Waals surface area contributed by atoms with Crippen LogP contribution in [0.2, 0.25) is 5.02 Å². The number of aromatic nitrogens is 1. The lowest BCUT2D eigenvalue weighted by atomic mass is 9.97. The molecule has 6 heteroatoms. The van der Waals surface area contributed by atoms with Crippen LogP contribution in [0.25, 0.3) is 0 Å². The molecular formula is C10H10ClNO4. The van der Waals surface area contributed by atoms with Gasteiger partial charge in [0.15, 0.2) is 0 Å². The van der Waals surface area contributed by atoms with Crippen molar-refractivity contribution in [3.05, 3.63) is 29.0 Å². The molecule has 0 aliphatic heterocycles. The molecule has 86 valence electrons. The maximum Gasteiger partial charge on any atom is 0.304 e. The zero-order valence-electron chi connectivity index (χ0n) is 8.26. The van der Waals surface area contributed by atoms with Crippen LogP contribution in [0.5, 0.6) is 0 Å². The van der Waals surface area contributed by atoms with Crippen LogP contribution in [0, 0.1) is 0 Å². The number of carboxylic acid groups (broad SMARTS) is 2. The third-order valence-corrected chi connectivity index (χ3v) is 2.23. The van der Waals surface area contributed by atoms with Crippen LogP contribution in [0.3, 0.4) is 0 Å². The Labute approximate surface area is 96.7 Å². The first-order valence-corrected chi connectivity index (χ1v) is 4.92. The average Bonchev–Trinajstić information content (AvgIpc) is 2.16. The first-order valence-electron chi connectivity index (χ1n) is 4.54. The van der Waals surface area contributed by atoms with Gasteiger partial charge in [-0.25, -0.2) is 0 Å². The molecular weight excluding hydrogens is 234 g/mol. The van der Waals surface area contributed by atoms with Gasteiger partial charge in [0.2, 0.25) is 0 Å². The lowest BCUT2D eigenvalue weighted by molar-refractivity contribution is -0.139. The van der Waals surface area contributed by atoms with Gasteiger partial charge in [-0.15, -0.1) is 0 Å². The number of hydrogen-bond donors (Lipinski definition) is 2. The zero-order valence-corrected chi connectivity index (χ0v) is 9.02. The van der Waals surface area contributed by atoms with Crippen LogP contribution >= 0.6 is 11.6 Å².